The minimum Gasteiger partial charge on any atom is -0.289 e. The minimum absolute atomic E-state index is 0.0219. The van der Waals surface area contributed by atoms with Crippen LogP contribution in [0.2, 0.25) is 0 Å². The third kappa shape index (κ3) is 2.84. The van der Waals surface area contributed by atoms with Crippen molar-refractivity contribution in [1.82, 2.24) is 0 Å². The lowest BCUT2D eigenvalue weighted by molar-refractivity contribution is 0.0978. The summed E-state index contributed by atoms with van der Waals surface area (Å²) >= 11 is 0. The van der Waals surface area contributed by atoms with Gasteiger partial charge < -0.3 is 0 Å². The maximum atomic E-state index is 13.1. The second-order valence-corrected chi connectivity index (χ2v) is 8.67. The summed E-state index contributed by atoms with van der Waals surface area (Å²) in [4.78, 5) is 26.0. The van der Waals surface area contributed by atoms with Crippen molar-refractivity contribution in [3.05, 3.63) is 69.8 Å². The predicted octanol–water partition coefficient (Wildman–Crippen LogP) is 5.45. The highest BCUT2D eigenvalue weighted by Gasteiger charge is 2.32. The molecule has 2 nitrogen and oxygen atoms in total. The number of ketones is 2. The lowest BCUT2D eigenvalue weighted by Crippen LogP contribution is -2.24. The summed E-state index contributed by atoms with van der Waals surface area (Å²) in [5.74, 6) is -0.0876. The van der Waals surface area contributed by atoms with E-state index in [9.17, 15) is 9.59 Å². The van der Waals surface area contributed by atoms with Crippen LogP contribution < -0.4 is 0 Å². The van der Waals surface area contributed by atoms with E-state index in [4.69, 9.17) is 0 Å². The number of rotatable bonds is 2. The van der Waals surface area contributed by atoms with Crippen molar-refractivity contribution in [2.45, 2.75) is 58.8 Å². The molecule has 2 aromatic rings. The second kappa shape index (κ2) is 5.66. The fraction of sp³-hybridized carbons (Fsp3) is 0.391. The number of hydrogen-bond donors (Lipinski definition) is 0. The van der Waals surface area contributed by atoms with Crippen LogP contribution in [0.15, 0.2) is 36.4 Å². The van der Waals surface area contributed by atoms with Crippen LogP contribution in [0, 0.1) is 0 Å². The summed E-state index contributed by atoms with van der Waals surface area (Å²) < 4.78 is 0. The van der Waals surface area contributed by atoms with Crippen molar-refractivity contribution < 1.29 is 9.59 Å². The molecule has 0 saturated heterocycles. The van der Waals surface area contributed by atoms with Crippen molar-refractivity contribution in [2.24, 2.45) is 0 Å². The lowest BCUT2D eigenvalue weighted by Gasteiger charge is -2.27. The van der Waals surface area contributed by atoms with E-state index < -0.39 is 0 Å². The topological polar surface area (TPSA) is 34.1 Å². The van der Waals surface area contributed by atoms with Gasteiger partial charge in [0, 0.05) is 22.3 Å². The summed E-state index contributed by atoms with van der Waals surface area (Å²) in [5, 5.41) is 0. The Bertz CT molecular complexity index is 879. The number of hydrogen-bond acceptors (Lipinski definition) is 2. The predicted molar refractivity (Wildman–Crippen MR) is 102 cm³/mol. The number of fused-ring (bicyclic) bond motifs is 2. The Labute approximate surface area is 150 Å². The van der Waals surface area contributed by atoms with Crippen LogP contribution in [0.1, 0.15) is 90.9 Å². The monoisotopic (exact) mass is 334 g/mol. The van der Waals surface area contributed by atoms with Gasteiger partial charge in [0.1, 0.15) is 0 Å². The molecule has 0 radical (unpaired) electrons. The van der Waals surface area contributed by atoms with Crippen LogP contribution in [0.25, 0.3) is 0 Å². The van der Waals surface area contributed by atoms with Gasteiger partial charge in [0.25, 0.3) is 0 Å². The highest BCUT2D eigenvalue weighted by molar-refractivity contribution is 6.28. The first-order valence-electron chi connectivity index (χ1n) is 8.94. The highest BCUT2D eigenvalue weighted by Crippen LogP contribution is 2.34. The Kier molecular flexibility index (Phi) is 3.98. The van der Waals surface area contributed by atoms with Crippen molar-refractivity contribution in [1.29, 1.82) is 0 Å². The third-order valence-electron chi connectivity index (χ3n) is 5.55. The first-order chi connectivity index (χ1) is 11.6. The Morgan fingerprint density at radius 1 is 0.680 bits per heavy atom. The molecule has 2 aromatic carbocycles. The molecule has 0 heterocycles. The molecule has 130 valence electrons. The fourth-order valence-corrected chi connectivity index (χ4v) is 3.24. The van der Waals surface area contributed by atoms with E-state index in [-0.39, 0.29) is 22.4 Å². The van der Waals surface area contributed by atoms with Crippen LogP contribution in [0.4, 0.5) is 0 Å². The van der Waals surface area contributed by atoms with E-state index in [0.717, 1.165) is 17.5 Å². The molecule has 0 aliphatic heterocycles. The van der Waals surface area contributed by atoms with Gasteiger partial charge in [-0.3, -0.25) is 9.59 Å². The van der Waals surface area contributed by atoms with E-state index in [1.807, 2.05) is 36.4 Å². The lowest BCUT2D eigenvalue weighted by atomic mass is 9.76. The van der Waals surface area contributed by atoms with Crippen LogP contribution >= 0.6 is 0 Å². The van der Waals surface area contributed by atoms with E-state index in [2.05, 4.69) is 41.5 Å². The van der Waals surface area contributed by atoms with Crippen molar-refractivity contribution >= 4 is 11.6 Å². The van der Waals surface area contributed by atoms with Crippen molar-refractivity contribution in [3.8, 4) is 0 Å². The Balaban J connectivity index is 2.18. The SMILES string of the molecule is CCC(C)(C)c1ccc2c(c1)C(=O)c1cc(C(C)(C)C)ccc1C2=O. The summed E-state index contributed by atoms with van der Waals surface area (Å²) in [6, 6.07) is 11.4. The molecular weight excluding hydrogens is 308 g/mol. The Hall–Kier alpha value is -2.22. The van der Waals surface area contributed by atoms with Crippen LogP contribution in [0.5, 0.6) is 0 Å². The number of benzene rings is 2. The van der Waals surface area contributed by atoms with E-state index in [0.29, 0.717) is 22.3 Å². The molecular formula is C23H26O2. The van der Waals surface area contributed by atoms with Crippen LogP contribution in [-0.4, -0.2) is 11.6 Å². The zero-order valence-electron chi connectivity index (χ0n) is 16.0. The highest BCUT2D eigenvalue weighted by atomic mass is 16.1. The van der Waals surface area contributed by atoms with Gasteiger partial charge in [0.2, 0.25) is 0 Å². The van der Waals surface area contributed by atoms with Gasteiger partial charge in [0.15, 0.2) is 11.6 Å². The summed E-state index contributed by atoms with van der Waals surface area (Å²) in [5.41, 5.74) is 4.21. The number of carbonyl (C=O) groups is 2. The molecule has 25 heavy (non-hydrogen) atoms. The molecule has 0 unspecified atom stereocenters. The Morgan fingerprint density at radius 3 is 1.60 bits per heavy atom. The molecule has 1 aliphatic carbocycles. The smallest absolute Gasteiger partial charge is 0.194 e. The fourth-order valence-electron chi connectivity index (χ4n) is 3.24. The Morgan fingerprint density at radius 2 is 1.12 bits per heavy atom. The van der Waals surface area contributed by atoms with Gasteiger partial charge in [-0.25, -0.2) is 0 Å². The zero-order chi connectivity index (χ0) is 18.6. The maximum Gasteiger partial charge on any atom is 0.194 e. The molecule has 0 saturated carbocycles. The molecule has 0 bridgehead atoms. The standard InChI is InChI=1S/C23H26O2/c1-7-23(5,6)15-9-11-17-19(13-15)21(25)18-12-14(22(2,3)4)8-10-16(18)20(17)24/h8-13H,7H2,1-6H3. The molecule has 0 atom stereocenters. The van der Waals surface area contributed by atoms with Gasteiger partial charge in [-0.1, -0.05) is 53.7 Å². The molecule has 0 N–H and O–H groups in total. The van der Waals surface area contributed by atoms with E-state index in [1.54, 1.807) is 0 Å². The zero-order valence-corrected chi connectivity index (χ0v) is 16.0. The number of carbonyl (C=O) groups excluding carboxylic acids is 2. The van der Waals surface area contributed by atoms with Crippen molar-refractivity contribution in [2.75, 3.05) is 0 Å². The second-order valence-electron chi connectivity index (χ2n) is 8.67. The summed E-state index contributed by atoms with van der Waals surface area (Å²) in [6.45, 7) is 12.8. The average molecular weight is 334 g/mol. The first kappa shape index (κ1) is 17.6. The molecule has 3 rings (SSSR count). The van der Waals surface area contributed by atoms with E-state index in [1.165, 1.54) is 0 Å². The van der Waals surface area contributed by atoms with Crippen LogP contribution in [-0.2, 0) is 10.8 Å². The van der Waals surface area contributed by atoms with Crippen molar-refractivity contribution in [3.63, 3.8) is 0 Å². The van der Waals surface area contributed by atoms with Gasteiger partial charge >= 0.3 is 0 Å². The summed E-state index contributed by atoms with van der Waals surface area (Å²) in [6.07, 6.45) is 0.971. The molecule has 0 aromatic heterocycles. The van der Waals surface area contributed by atoms with Gasteiger partial charge in [-0.05, 0) is 52.6 Å². The first-order valence-corrected chi connectivity index (χ1v) is 8.94. The van der Waals surface area contributed by atoms with Crippen LogP contribution in [0.3, 0.4) is 0 Å². The quantitative estimate of drug-likeness (QED) is 0.625. The molecule has 1 aliphatic rings. The van der Waals surface area contributed by atoms with Gasteiger partial charge in [-0.15, -0.1) is 0 Å². The molecule has 0 spiro atoms. The minimum atomic E-state index is -0.0648. The maximum absolute atomic E-state index is 13.1. The van der Waals surface area contributed by atoms with Gasteiger partial charge in [-0.2, -0.15) is 0 Å². The summed E-state index contributed by atoms with van der Waals surface area (Å²) in [7, 11) is 0. The largest absolute Gasteiger partial charge is 0.289 e. The molecule has 0 fully saturated rings. The van der Waals surface area contributed by atoms with Gasteiger partial charge in [0.05, 0.1) is 0 Å². The normalized spacial score (nSPS) is 14.3. The molecule has 2 heteroatoms. The average Bonchev–Trinajstić information content (AvgIpc) is 2.57. The molecule has 0 amide bonds. The van der Waals surface area contributed by atoms with E-state index >= 15 is 0 Å². The third-order valence-corrected chi connectivity index (χ3v) is 5.55.